The fourth-order valence-corrected chi connectivity index (χ4v) is 3.28. The van der Waals surface area contributed by atoms with E-state index in [1.165, 1.54) is 0 Å². The van der Waals surface area contributed by atoms with E-state index in [4.69, 9.17) is 0 Å². The van der Waals surface area contributed by atoms with Crippen LogP contribution in [0.4, 0.5) is 0 Å². The Hall–Kier alpha value is -0.630. The van der Waals surface area contributed by atoms with Crippen molar-refractivity contribution in [3.05, 3.63) is 12.2 Å². The summed E-state index contributed by atoms with van der Waals surface area (Å²) in [7, 11) is 0. The van der Waals surface area contributed by atoms with Crippen LogP contribution >= 0.6 is 0 Å². The largest absolute Gasteiger partial charge is 0.388 e. The third-order valence-corrected chi connectivity index (χ3v) is 3.84. The molecule has 4 atom stereocenters. The van der Waals surface area contributed by atoms with Crippen molar-refractivity contribution in [1.29, 1.82) is 0 Å². The zero-order valence-electron chi connectivity index (χ0n) is 6.86. The monoisotopic (exact) mass is 164 g/mol. The van der Waals surface area contributed by atoms with E-state index >= 15 is 0 Å². The number of hydrogen-bond donors (Lipinski definition) is 1. The Morgan fingerprint density at radius 3 is 3.08 bits per heavy atom. The maximum absolute atomic E-state index is 11.5. The zero-order chi connectivity index (χ0) is 8.34. The van der Waals surface area contributed by atoms with E-state index in [0.29, 0.717) is 18.8 Å². The van der Waals surface area contributed by atoms with Gasteiger partial charge in [-0.3, -0.25) is 4.79 Å². The molecule has 12 heavy (non-hydrogen) atoms. The van der Waals surface area contributed by atoms with Crippen molar-refractivity contribution in [3.8, 4) is 0 Å². The van der Waals surface area contributed by atoms with E-state index in [9.17, 15) is 9.90 Å². The third-order valence-electron chi connectivity index (χ3n) is 3.84. The van der Waals surface area contributed by atoms with Crippen LogP contribution in [0.2, 0.25) is 0 Å². The van der Waals surface area contributed by atoms with Crippen LogP contribution in [0.3, 0.4) is 0 Å². The first-order chi connectivity index (χ1) is 5.72. The number of fused-ring (bicyclic) bond motifs is 5. The molecule has 0 heterocycles. The van der Waals surface area contributed by atoms with E-state index in [0.717, 1.165) is 6.42 Å². The molecule has 0 aromatic carbocycles. The fraction of sp³-hybridized carbons (Fsp3) is 0.700. The first kappa shape index (κ1) is 6.84. The Bertz CT molecular complexity index is 282. The van der Waals surface area contributed by atoms with Gasteiger partial charge >= 0.3 is 0 Å². The Labute approximate surface area is 71.3 Å². The molecule has 0 saturated heterocycles. The Balaban J connectivity index is 2.10. The summed E-state index contributed by atoms with van der Waals surface area (Å²) in [6, 6.07) is 0. The summed E-state index contributed by atoms with van der Waals surface area (Å²) in [4.78, 5) is 11.5. The van der Waals surface area contributed by atoms with Crippen LogP contribution < -0.4 is 0 Å². The van der Waals surface area contributed by atoms with Crippen molar-refractivity contribution < 1.29 is 9.90 Å². The lowest BCUT2D eigenvalue weighted by atomic mass is 9.81. The molecule has 0 radical (unpaired) electrons. The van der Waals surface area contributed by atoms with Gasteiger partial charge in [0.1, 0.15) is 5.78 Å². The minimum atomic E-state index is -0.642. The minimum absolute atomic E-state index is 0.0486. The van der Waals surface area contributed by atoms with E-state index in [1.807, 2.05) is 0 Å². The zero-order valence-corrected chi connectivity index (χ0v) is 6.86. The van der Waals surface area contributed by atoms with Gasteiger partial charge in [0.25, 0.3) is 0 Å². The van der Waals surface area contributed by atoms with Crippen LogP contribution in [0.1, 0.15) is 19.3 Å². The van der Waals surface area contributed by atoms with Gasteiger partial charge < -0.3 is 5.11 Å². The Morgan fingerprint density at radius 2 is 2.33 bits per heavy atom. The van der Waals surface area contributed by atoms with Gasteiger partial charge in [-0.15, -0.1) is 0 Å². The maximum atomic E-state index is 11.5. The molecule has 64 valence electrons. The second-order valence-electron chi connectivity index (χ2n) is 4.33. The lowest BCUT2D eigenvalue weighted by molar-refractivity contribution is -0.125. The topological polar surface area (TPSA) is 37.3 Å². The van der Waals surface area contributed by atoms with Crippen LogP contribution in [0, 0.1) is 17.8 Å². The highest BCUT2D eigenvalue weighted by Crippen LogP contribution is 2.56. The van der Waals surface area contributed by atoms with Gasteiger partial charge in [-0.1, -0.05) is 12.2 Å². The fourth-order valence-electron chi connectivity index (χ4n) is 3.28. The smallest absolute Gasteiger partial charge is 0.139 e. The van der Waals surface area contributed by atoms with E-state index in [2.05, 4.69) is 12.2 Å². The number of rotatable bonds is 0. The molecule has 2 saturated carbocycles. The average Bonchev–Trinajstić information content (AvgIpc) is 2.63. The second kappa shape index (κ2) is 1.82. The molecule has 0 aromatic heterocycles. The predicted molar refractivity (Wildman–Crippen MR) is 43.4 cm³/mol. The molecule has 0 aliphatic heterocycles. The number of aliphatic hydroxyl groups is 1. The molecule has 1 N–H and O–H groups in total. The lowest BCUT2D eigenvalue weighted by Crippen LogP contribution is -2.39. The summed E-state index contributed by atoms with van der Waals surface area (Å²) in [6.45, 7) is 0. The molecule has 0 aromatic rings. The molecular formula is C10H12O2. The quantitative estimate of drug-likeness (QED) is 0.540. The highest BCUT2D eigenvalue weighted by Gasteiger charge is 2.60. The molecule has 3 rings (SSSR count). The third kappa shape index (κ3) is 0.556. The lowest BCUT2D eigenvalue weighted by Gasteiger charge is -2.29. The first-order valence-corrected chi connectivity index (χ1v) is 4.65. The van der Waals surface area contributed by atoms with Crippen molar-refractivity contribution in [2.24, 2.45) is 17.8 Å². The normalized spacial score (nSPS) is 55.1. The van der Waals surface area contributed by atoms with E-state index in [1.54, 1.807) is 0 Å². The van der Waals surface area contributed by atoms with Crippen molar-refractivity contribution >= 4 is 5.78 Å². The van der Waals surface area contributed by atoms with Gasteiger partial charge in [0.15, 0.2) is 0 Å². The number of Topliss-reactive ketones (excluding diaryl/α,β-unsaturated/α-hetero) is 1. The van der Waals surface area contributed by atoms with Crippen molar-refractivity contribution in [2.45, 2.75) is 24.9 Å². The van der Waals surface area contributed by atoms with E-state index < -0.39 is 5.60 Å². The van der Waals surface area contributed by atoms with E-state index in [-0.39, 0.29) is 17.6 Å². The maximum Gasteiger partial charge on any atom is 0.139 e. The predicted octanol–water partition coefficient (Wildman–Crippen LogP) is 0.903. The highest BCUT2D eigenvalue weighted by molar-refractivity contribution is 5.86. The molecule has 3 aliphatic rings. The second-order valence-corrected chi connectivity index (χ2v) is 4.33. The van der Waals surface area contributed by atoms with Gasteiger partial charge in [-0.05, 0) is 18.8 Å². The molecule has 3 aliphatic carbocycles. The van der Waals surface area contributed by atoms with Crippen molar-refractivity contribution in [2.75, 3.05) is 0 Å². The number of hydrogen-bond acceptors (Lipinski definition) is 2. The van der Waals surface area contributed by atoms with Gasteiger partial charge in [-0.2, -0.15) is 0 Å². The number of carbonyl (C=O) groups excluding carboxylic acids is 1. The van der Waals surface area contributed by atoms with Crippen LogP contribution in [0.25, 0.3) is 0 Å². The van der Waals surface area contributed by atoms with Crippen molar-refractivity contribution in [1.82, 2.24) is 0 Å². The summed E-state index contributed by atoms with van der Waals surface area (Å²) in [5, 5.41) is 10.2. The molecule has 2 bridgehead atoms. The number of carbonyl (C=O) groups is 1. The molecule has 2 nitrogen and oxygen atoms in total. The number of ketones is 1. The molecule has 2 fully saturated rings. The SMILES string of the molecule is O=C1CCC2(O)C3C=CC(C3)C12. The summed E-state index contributed by atoms with van der Waals surface area (Å²) < 4.78 is 0. The van der Waals surface area contributed by atoms with Crippen molar-refractivity contribution in [3.63, 3.8) is 0 Å². The Morgan fingerprint density at radius 1 is 1.50 bits per heavy atom. The van der Waals surface area contributed by atoms with Crippen LogP contribution in [-0.2, 0) is 4.79 Å². The first-order valence-electron chi connectivity index (χ1n) is 4.65. The minimum Gasteiger partial charge on any atom is -0.388 e. The summed E-state index contributed by atoms with van der Waals surface area (Å²) >= 11 is 0. The Kier molecular flexibility index (Phi) is 1.04. The summed E-state index contributed by atoms with van der Waals surface area (Å²) in [5.74, 6) is 0.871. The standard InChI is InChI=1S/C10H12O2/c11-8-3-4-10(12)7-2-1-6(5-7)9(8)10/h1-2,6-7,9,12H,3-5H2. The van der Waals surface area contributed by atoms with Crippen LogP contribution in [0.5, 0.6) is 0 Å². The van der Waals surface area contributed by atoms with Gasteiger partial charge in [0.2, 0.25) is 0 Å². The molecule has 0 amide bonds. The highest BCUT2D eigenvalue weighted by atomic mass is 16.3. The van der Waals surface area contributed by atoms with Gasteiger partial charge in [-0.25, -0.2) is 0 Å². The average molecular weight is 164 g/mol. The summed E-state index contributed by atoms with van der Waals surface area (Å²) in [5.41, 5.74) is -0.642. The molecule has 0 spiro atoms. The van der Waals surface area contributed by atoms with Gasteiger partial charge in [0.05, 0.1) is 11.5 Å². The van der Waals surface area contributed by atoms with Crippen LogP contribution in [-0.4, -0.2) is 16.5 Å². The van der Waals surface area contributed by atoms with Crippen LogP contribution in [0.15, 0.2) is 12.2 Å². The molecule has 4 unspecified atom stereocenters. The van der Waals surface area contributed by atoms with Gasteiger partial charge in [0, 0.05) is 12.3 Å². The molecule has 2 heteroatoms. The number of allylic oxidation sites excluding steroid dienone is 1. The summed E-state index contributed by atoms with van der Waals surface area (Å²) in [6.07, 6.45) is 6.51. The molecular weight excluding hydrogens is 152 g/mol.